The van der Waals surface area contributed by atoms with E-state index >= 15 is 0 Å². The molecule has 6 heteroatoms. The van der Waals surface area contributed by atoms with E-state index in [1.807, 2.05) is 36.2 Å². The fourth-order valence-electron chi connectivity index (χ4n) is 2.08. The Balaban J connectivity index is 0.00000180. The first-order valence-corrected chi connectivity index (χ1v) is 6.10. The van der Waals surface area contributed by atoms with Crippen LogP contribution in [-0.4, -0.2) is 44.2 Å². The van der Waals surface area contributed by atoms with Crippen LogP contribution in [0, 0.1) is 0 Å². The molecule has 0 aliphatic carbocycles. The molecule has 1 atom stereocenters. The van der Waals surface area contributed by atoms with Gasteiger partial charge < -0.3 is 20.3 Å². The van der Waals surface area contributed by atoms with Crippen molar-refractivity contribution in [1.29, 1.82) is 0 Å². The summed E-state index contributed by atoms with van der Waals surface area (Å²) in [5.74, 6) is 0.738. The van der Waals surface area contributed by atoms with Crippen LogP contribution < -0.4 is 15.4 Å². The number of nitrogens with one attached hydrogen (secondary N) is 2. The number of carbonyl (C=O) groups excluding carboxylic acids is 1. The van der Waals surface area contributed by atoms with Gasteiger partial charge in [0.25, 0.3) is 0 Å². The highest BCUT2D eigenvalue weighted by Crippen LogP contribution is 2.18. The summed E-state index contributed by atoms with van der Waals surface area (Å²) in [5, 5.41) is 6.07. The van der Waals surface area contributed by atoms with Crippen LogP contribution in [0.4, 0.5) is 10.5 Å². The van der Waals surface area contributed by atoms with Crippen LogP contribution in [0.25, 0.3) is 0 Å². The molecular formula is C13H20ClN3O2. The first-order valence-electron chi connectivity index (χ1n) is 6.10. The Labute approximate surface area is 119 Å². The molecule has 0 aromatic heterocycles. The van der Waals surface area contributed by atoms with Gasteiger partial charge in [-0.05, 0) is 25.6 Å². The number of rotatable bonds is 3. The van der Waals surface area contributed by atoms with E-state index < -0.39 is 0 Å². The second-order valence-electron chi connectivity index (χ2n) is 4.38. The minimum atomic E-state index is -0.0546. The van der Waals surface area contributed by atoms with Gasteiger partial charge in [0, 0.05) is 30.9 Å². The number of halogens is 1. The Morgan fingerprint density at radius 3 is 2.89 bits per heavy atom. The quantitative estimate of drug-likeness (QED) is 0.892. The van der Waals surface area contributed by atoms with Gasteiger partial charge in [-0.1, -0.05) is 6.07 Å². The number of amides is 2. The lowest BCUT2D eigenvalue weighted by molar-refractivity contribution is 0.221. The lowest BCUT2D eigenvalue weighted by Crippen LogP contribution is -2.36. The van der Waals surface area contributed by atoms with Crippen molar-refractivity contribution in [2.75, 3.05) is 32.6 Å². The maximum Gasteiger partial charge on any atom is 0.321 e. The Morgan fingerprint density at radius 2 is 2.26 bits per heavy atom. The van der Waals surface area contributed by atoms with Crippen LogP contribution in [0.5, 0.6) is 5.75 Å². The zero-order valence-corrected chi connectivity index (χ0v) is 12.0. The highest BCUT2D eigenvalue weighted by atomic mass is 35.5. The number of urea groups is 1. The number of carbonyl (C=O) groups is 1. The van der Waals surface area contributed by atoms with Gasteiger partial charge in [0.05, 0.1) is 7.11 Å². The number of benzene rings is 1. The average molecular weight is 286 g/mol. The topological polar surface area (TPSA) is 53.6 Å². The van der Waals surface area contributed by atoms with Crippen LogP contribution >= 0.6 is 12.4 Å². The van der Waals surface area contributed by atoms with Gasteiger partial charge in [-0.3, -0.25) is 0 Å². The third-order valence-electron chi connectivity index (χ3n) is 3.20. The third-order valence-corrected chi connectivity index (χ3v) is 3.20. The zero-order valence-electron chi connectivity index (χ0n) is 11.2. The lowest BCUT2D eigenvalue weighted by Gasteiger charge is -2.17. The molecule has 0 unspecified atom stereocenters. The predicted octanol–water partition coefficient (Wildman–Crippen LogP) is 1.94. The number of likely N-dealkylation sites (tertiary alicyclic amines) is 1. The second-order valence-corrected chi connectivity index (χ2v) is 4.38. The standard InChI is InChI=1S/C13H19N3O2.ClH/c1-14-11-6-7-16(9-11)13(17)15-10-4-3-5-12(8-10)18-2;/h3-5,8,11,14H,6-7,9H2,1-2H3,(H,15,17);1H/t11-;/m0./s1. The summed E-state index contributed by atoms with van der Waals surface area (Å²) in [6.45, 7) is 1.55. The van der Waals surface area contributed by atoms with Crippen molar-refractivity contribution in [2.45, 2.75) is 12.5 Å². The average Bonchev–Trinajstić information content (AvgIpc) is 2.88. The van der Waals surface area contributed by atoms with Crippen molar-refractivity contribution in [3.63, 3.8) is 0 Å². The fourth-order valence-corrected chi connectivity index (χ4v) is 2.08. The molecule has 0 radical (unpaired) electrons. The van der Waals surface area contributed by atoms with E-state index in [2.05, 4.69) is 10.6 Å². The Hall–Kier alpha value is -1.46. The van der Waals surface area contributed by atoms with Crippen molar-refractivity contribution in [3.05, 3.63) is 24.3 Å². The van der Waals surface area contributed by atoms with Gasteiger partial charge in [0.1, 0.15) is 5.75 Å². The molecule has 1 aliphatic rings. The molecular weight excluding hydrogens is 266 g/mol. The fraction of sp³-hybridized carbons (Fsp3) is 0.462. The van der Waals surface area contributed by atoms with Crippen LogP contribution in [-0.2, 0) is 0 Å². The Bertz CT molecular complexity index is 428. The minimum Gasteiger partial charge on any atom is -0.497 e. The van der Waals surface area contributed by atoms with E-state index in [0.717, 1.165) is 30.9 Å². The molecule has 1 aromatic rings. The molecule has 0 bridgehead atoms. The van der Waals surface area contributed by atoms with Gasteiger partial charge in [-0.15, -0.1) is 12.4 Å². The van der Waals surface area contributed by atoms with E-state index in [9.17, 15) is 4.79 Å². The summed E-state index contributed by atoms with van der Waals surface area (Å²) < 4.78 is 5.12. The normalized spacial score (nSPS) is 17.8. The molecule has 106 valence electrons. The van der Waals surface area contributed by atoms with Crippen LogP contribution in [0.1, 0.15) is 6.42 Å². The highest BCUT2D eigenvalue weighted by Gasteiger charge is 2.24. The molecule has 5 nitrogen and oxygen atoms in total. The van der Waals surface area contributed by atoms with E-state index in [1.54, 1.807) is 7.11 Å². The van der Waals surface area contributed by atoms with Crippen molar-refractivity contribution in [1.82, 2.24) is 10.2 Å². The van der Waals surface area contributed by atoms with Crippen LogP contribution in [0.2, 0.25) is 0 Å². The van der Waals surface area contributed by atoms with Crippen LogP contribution in [0.3, 0.4) is 0 Å². The van der Waals surface area contributed by atoms with Gasteiger partial charge in [-0.2, -0.15) is 0 Å². The van der Waals surface area contributed by atoms with E-state index in [4.69, 9.17) is 4.74 Å². The summed E-state index contributed by atoms with van der Waals surface area (Å²) >= 11 is 0. The Morgan fingerprint density at radius 1 is 1.47 bits per heavy atom. The molecule has 1 heterocycles. The van der Waals surface area contributed by atoms with Gasteiger partial charge in [-0.25, -0.2) is 4.79 Å². The molecule has 1 aliphatic heterocycles. The van der Waals surface area contributed by atoms with E-state index in [1.165, 1.54) is 0 Å². The van der Waals surface area contributed by atoms with Gasteiger partial charge in [0.15, 0.2) is 0 Å². The Kier molecular flexibility index (Phi) is 5.92. The summed E-state index contributed by atoms with van der Waals surface area (Å²) in [6, 6.07) is 7.72. The number of hydrogen-bond acceptors (Lipinski definition) is 3. The number of ether oxygens (including phenoxy) is 1. The van der Waals surface area contributed by atoms with Gasteiger partial charge in [0.2, 0.25) is 0 Å². The van der Waals surface area contributed by atoms with Crippen molar-refractivity contribution in [3.8, 4) is 5.75 Å². The summed E-state index contributed by atoms with van der Waals surface area (Å²) in [7, 11) is 3.53. The molecule has 0 spiro atoms. The maximum atomic E-state index is 12.0. The number of hydrogen-bond donors (Lipinski definition) is 2. The molecule has 0 saturated carbocycles. The van der Waals surface area contributed by atoms with Crippen molar-refractivity contribution < 1.29 is 9.53 Å². The molecule has 2 N–H and O–H groups in total. The number of anilines is 1. The highest BCUT2D eigenvalue weighted by molar-refractivity contribution is 5.89. The first-order chi connectivity index (χ1) is 8.72. The van der Waals surface area contributed by atoms with E-state index in [-0.39, 0.29) is 18.4 Å². The third kappa shape index (κ3) is 4.01. The number of nitrogens with zero attached hydrogens (tertiary/aromatic N) is 1. The SMILES string of the molecule is CN[C@H]1CCN(C(=O)Nc2cccc(OC)c2)C1.Cl. The first kappa shape index (κ1) is 15.6. The largest absolute Gasteiger partial charge is 0.497 e. The van der Waals surface area contributed by atoms with Crippen LogP contribution in [0.15, 0.2) is 24.3 Å². The molecule has 2 amide bonds. The zero-order chi connectivity index (χ0) is 13.0. The summed E-state index contributed by atoms with van der Waals surface area (Å²) in [4.78, 5) is 13.8. The monoisotopic (exact) mass is 285 g/mol. The molecule has 1 saturated heterocycles. The number of methoxy groups -OCH3 is 1. The smallest absolute Gasteiger partial charge is 0.321 e. The lowest BCUT2D eigenvalue weighted by atomic mass is 10.3. The molecule has 1 fully saturated rings. The second kappa shape index (κ2) is 7.21. The summed E-state index contributed by atoms with van der Waals surface area (Å²) in [5.41, 5.74) is 0.757. The van der Waals surface area contributed by atoms with Crippen molar-refractivity contribution >= 4 is 24.1 Å². The van der Waals surface area contributed by atoms with E-state index in [0.29, 0.717) is 6.04 Å². The van der Waals surface area contributed by atoms with Crippen molar-refractivity contribution in [2.24, 2.45) is 0 Å². The maximum absolute atomic E-state index is 12.0. The minimum absolute atomic E-state index is 0. The van der Waals surface area contributed by atoms with Gasteiger partial charge >= 0.3 is 6.03 Å². The molecule has 1 aromatic carbocycles. The molecule has 2 rings (SSSR count). The summed E-state index contributed by atoms with van der Waals surface area (Å²) in [6.07, 6.45) is 1.00. The molecule has 19 heavy (non-hydrogen) atoms. The predicted molar refractivity (Wildman–Crippen MR) is 78.3 cm³/mol. The number of likely N-dealkylation sites (N-methyl/N-ethyl adjacent to an activating group) is 1.